The van der Waals surface area contributed by atoms with Crippen LogP contribution in [0.15, 0.2) is 17.4 Å². The van der Waals surface area contributed by atoms with E-state index in [4.69, 9.17) is 11.5 Å². The maximum atomic E-state index is 11.5. The van der Waals surface area contributed by atoms with Crippen molar-refractivity contribution in [1.29, 1.82) is 0 Å². The van der Waals surface area contributed by atoms with Crippen LogP contribution in [0.25, 0.3) is 0 Å². The van der Waals surface area contributed by atoms with Crippen LogP contribution in [0, 0.1) is 0 Å². The summed E-state index contributed by atoms with van der Waals surface area (Å²) in [6.45, 7) is 0. The Morgan fingerprint density at radius 3 is 2.56 bits per heavy atom. The van der Waals surface area contributed by atoms with Gasteiger partial charge in [-0.1, -0.05) is 0 Å². The first-order chi connectivity index (χ1) is 8.41. The molecule has 0 saturated heterocycles. The van der Waals surface area contributed by atoms with Gasteiger partial charge in [-0.3, -0.25) is 4.79 Å². The molecule has 0 radical (unpaired) electrons. The highest BCUT2D eigenvalue weighted by Gasteiger charge is 2.13. The molecule has 0 aliphatic heterocycles. The zero-order valence-corrected chi connectivity index (χ0v) is 11.2. The number of nitrogen functional groups attached to an aromatic ring is 1. The fraction of sp³-hybridized carbons (Fsp3) is 0.444. The molecule has 0 aliphatic carbocycles. The molecule has 18 heavy (non-hydrogen) atoms. The Balaban J connectivity index is 2.42. The zero-order valence-electron chi connectivity index (χ0n) is 9.57. The van der Waals surface area contributed by atoms with E-state index >= 15 is 0 Å². The lowest BCUT2D eigenvalue weighted by atomic mass is 10.5. The van der Waals surface area contributed by atoms with Crippen molar-refractivity contribution in [3.63, 3.8) is 0 Å². The van der Waals surface area contributed by atoms with E-state index in [2.05, 4.69) is 9.97 Å². The number of carbonyl (C=O) groups excluding carboxylic acids is 1. The lowest BCUT2D eigenvalue weighted by Gasteiger charge is -2.04. The maximum absolute atomic E-state index is 11.5. The van der Waals surface area contributed by atoms with E-state index in [9.17, 15) is 13.2 Å². The summed E-state index contributed by atoms with van der Waals surface area (Å²) in [5, 5.41) is 0.502. The van der Waals surface area contributed by atoms with Crippen LogP contribution in [0.1, 0.15) is 6.42 Å². The number of rotatable bonds is 7. The molecule has 1 rings (SSSR count). The Labute approximate surface area is 109 Å². The van der Waals surface area contributed by atoms with Crippen LogP contribution < -0.4 is 11.5 Å². The summed E-state index contributed by atoms with van der Waals surface area (Å²) in [6, 6.07) is 0. The van der Waals surface area contributed by atoms with Gasteiger partial charge in [0.25, 0.3) is 0 Å². The monoisotopic (exact) mass is 290 g/mol. The second-order valence-corrected chi connectivity index (χ2v) is 6.85. The molecule has 4 N–H and O–H groups in total. The van der Waals surface area contributed by atoms with Crippen molar-refractivity contribution >= 4 is 33.3 Å². The maximum Gasteiger partial charge on any atom is 0.218 e. The van der Waals surface area contributed by atoms with Crippen LogP contribution in [0.4, 0.5) is 5.82 Å². The smallest absolute Gasteiger partial charge is 0.218 e. The van der Waals surface area contributed by atoms with Crippen molar-refractivity contribution < 1.29 is 13.2 Å². The summed E-state index contributed by atoms with van der Waals surface area (Å²) < 4.78 is 23.0. The highest BCUT2D eigenvalue weighted by Crippen LogP contribution is 2.19. The van der Waals surface area contributed by atoms with Crippen LogP contribution in [-0.4, -0.2) is 41.6 Å². The molecular weight excluding hydrogens is 276 g/mol. The molecule has 1 aromatic heterocycles. The lowest BCUT2D eigenvalue weighted by Crippen LogP contribution is -2.19. The molecule has 9 heteroatoms. The molecule has 0 spiro atoms. The number of carbonyl (C=O) groups is 1. The quantitative estimate of drug-likeness (QED) is 0.644. The Kier molecular flexibility index (Phi) is 5.35. The van der Waals surface area contributed by atoms with Gasteiger partial charge >= 0.3 is 0 Å². The Hall–Kier alpha value is -1.35. The van der Waals surface area contributed by atoms with E-state index in [1.165, 1.54) is 24.2 Å². The van der Waals surface area contributed by atoms with E-state index < -0.39 is 15.7 Å². The van der Waals surface area contributed by atoms with Crippen LogP contribution >= 0.6 is 11.8 Å². The number of anilines is 1. The van der Waals surface area contributed by atoms with Gasteiger partial charge in [0, 0.05) is 24.6 Å². The predicted molar refractivity (Wildman–Crippen MR) is 69.6 cm³/mol. The molecule has 0 aromatic carbocycles. The van der Waals surface area contributed by atoms with Gasteiger partial charge in [0.1, 0.15) is 5.03 Å². The predicted octanol–water partition coefficient (Wildman–Crippen LogP) is -0.559. The molecule has 1 aromatic rings. The van der Waals surface area contributed by atoms with Gasteiger partial charge in [-0.2, -0.15) is 0 Å². The number of hydrogen-bond donors (Lipinski definition) is 2. The summed E-state index contributed by atoms with van der Waals surface area (Å²) >= 11 is 1.21. The van der Waals surface area contributed by atoms with E-state index in [0.717, 1.165) is 0 Å². The minimum Gasteiger partial charge on any atom is -0.381 e. The van der Waals surface area contributed by atoms with Crippen LogP contribution in [-0.2, 0) is 14.6 Å². The van der Waals surface area contributed by atoms with E-state index in [1.807, 2.05) is 0 Å². The van der Waals surface area contributed by atoms with E-state index in [0.29, 0.717) is 10.8 Å². The van der Waals surface area contributed by atoms with Crippen molar-refractivity contribution in [3.8, 4) is 0 Å². The molecule has 0 fully saturated rings. The van der Waals surface area contributed by atoms with Gasteiger partial charge < -0.3 is 11.5 Å². The number of hydrogen-bond acceptors (Lipinski definition) is 7. The molecule has 0 bridgehead atoms. The summed E-state index contributed by atoms with van der Waals surface area (Å²) in [5.74, 6) is -0.314. The van der Waals surface area contributed by atoms with Gasteiger partial charge in [0.2, 0.25) is 5.91 Å². The molecule has 0 atom stereocenters. The molecule has 0 aliphatic rings. The Morgan fingerprint density at radius 1 is 1.28 bits per heavy atom. The summed E-state index contributed by atoms with van der Waals surface area (Å²) in [6.07, 6.45) is 2.80. The fourth-order valence-corrected chi connectivity index (χ4v) is 3.67. The van der Waals surface area contributed by atoms with Crippen LogP contribution in [0.2, 0.25) is 0 Å². The number of sulfone groups is 1. The normalized spacial score (nSPS) is 11.3. The summed E-state index contributed by atoms with van der Waals surface area (Å²) in [5.41, 5.74) is 10.5. The van der Waals surface area contributed by atoms with Gasteiger partial charge in [-0.15, -0.1) is 11.8 Å². The third kappa shape index (κ3) is 5.32. The first-order valence-corrected chi connectivity index (χ1v) is 7.89. The number of aromatic nitrogens is 2. The number of nitrogens with two attached hydrogens (primary N) is 2. The molecule has 0 saturated carbocycles. The highest BCUT2D eigenvalue weighted by atomic mass is 32.2. The number of primary amides is 1. The van der Waals surface area contributed by atoms with Crippen LogP contribution in [0.3, 0.4) is 0 Å². The second-order valence-electron chi connectivity index (χ2n) is 3.46. The van der Waals surface area contributed by atoms with Crippen molar-refractivity contribution in [3.05, 3.63) is 12.4 Å². The standard InChI is InChI=1S/C9H14N4O3S2/c10-7(14)1-5-18(15,16)6-4-17-9-8(11)12-2-3-13-9/h2-3H,1,4-6H2,(H2,10,14)(H2,11,12). The number of amides is 1. The molecule has 1 heterocycles. The van der Waals surface area contributed by atoms with Crippen LogP contribution in [0.5, 0.6) is 0 Å². The fourth-order valence-electron chi connectivity index (χ4n) is 1.07. The molecule has 100 valence electrons. The van der Waals surface area contributed by atoms with Crippen molar-refractivity contribution in [2.24, 2.45) is 5.73 Å². The third-order valence-corrected chi connectivity index (χ3v) is 4.89. The average Bonchev–Trinajstić information content (AvgIpc) is 2.29. The zero-order chi connectivity index (χ0) is 13.6. The van der Waals surface area contributed by atoms with Crippen molar-refractivity contribution in [1.82, 2.24) is 9.97 Å². The third-order valence-electron chi connectivity index (χ3n) is 1.98. The largest absolute Gasteiger partial charge is 0.381 e. The summed E-state index contributed by atoms with van der Waals surface area (Å²) in [4.78, 5) is 18.3. The highest BCUT2D eigenvalue weighted by molar-refractivity contribution is 8.00. The minimum absolute atomic E-state index is 0.0546. The van der Waals surface area contributed by atoms with Gasteiger partial charge in [-0.05, 0) is 0 Å². The lowest BCUT2D eigenvalue weighted by molar-refractivity contribution is -0.117. The molecule has 0 unspecified atom stereocenters. The van der Waals surface area contributed by atoms with E-state index in [1.54, 1.807) is 0 Å². The van der Waals surface area contributed by atoms with Gasteiger partial charge in [0.15, 0.2) is 15.7 Å². The van der Waals surface area contributed by atoms with Crippen molar-refractivity contribution in [2.75, 3.05) is 23.0 Å². The Bertz CT molecular complexity index is 518. The second kappa shape index (κ2) is 6.55. The number of nitrogens with zero attached hydrogens (tertiary/aromatic N) is 2. The topological polar surface area (TPSA) is 129 Å². The van der Waals surface area contributed by atoms with E-state index in [-0.39, 0.29) is 23.7 Å². The molecule has 7 nitrogen and oxygen atoms in total. The first-order valence-electron chi connectivity index (χ1n) is 5.09. The first kappa shape index (κ1) is 14.7. The van der Waals surface area contributed by atoms with Crippen molar-refractivity contribution in [2.45, 2.75) is 11.4 Å². The molecule has 1 amide bonds. The van der Waals surface area contributed by atoms with Gasteiger partial charge in [-0.25, -0.2) is 18.4 Å². The Morgan fingerprint density at radius 2 is 1.94 bits per heavy atom. The SMILES string of the molecule is NC(=O)CCS(=O)(=O)CCSc1nccnc1N. The summed E-state index contributed by atoms with van der Waals surface area (Å²) in [7, 11) is -3.27. The van der Waals surface area contributed by atoms with Gasteiger partial charge in [0.05, 0.1) is 11.5 Å². The average molecular weight is 290 g/mol. The minimum atomic E-state index is -3.27. The number of thioether (sulfide) groups is 1. The molecular formula is C9H14N4O3S2.